The molecular formula is C34H52N6O. The van der Waals surface area contributed by atoms with E-state index in [0.29, 0.717) is 11.8 Å². The second-order valence-corrected chi connectivity index (χ2v) is 10.4. The van der Waals surface area contributed by atoms with Crippen LogP contribution in [-0.4, -0.2) is 36.1 Å². The van der Waals surface area contributed by atoms with E-state index in [-0.39, 0.29) is 6.10 Å². The van der Waals surface area contributed by atoms with Crippen LogP contribution in [0, 0.1) is 19.8 Å². The predicted molar refractivity (Wildman–Crippen MR) is 177 cm³/mol. The van der Waals surface area contributed by atoms with E-state index in [4.69, 9.17) is 11.6 Å². The molecule has 7 nitrogen and oxygen atoms in total. The molecule has 0 aliphatic heterocycles. The zero-order valence-corrected chi connectivity index (χ0v) is 26.2. The van der Waals surface area contributed by atoms with Gasteiger partial charge in [0.1, 0.15) is 5.82 Å². The molecule has 224 valence electrons. The number of aliphatic hydroxyl groups excluding tert-OH is 1. The van der Waals surface area contributed by atoms with Crippen LogP contribution < -0.4 is 22.2 Å². The number of pyridine rings is 1. The summed E-state index contributed by atoms with van der Waals surface area (Å²) in [5, 5.41) is 20.0. The summed E-state index contributed by atoms with van der Waals surface area (Å²) in [7, 11) is 3.80. The van der Waals surface area contributed by atoms with Gasteiger partial charge in [-0.05, 0) is 79.3 Å². The van der Waals surface area contributed by atoms with Gasteiger partial charge in [0.05, 0.1) is 11.8 Å². The van der Waals surface area contributed by atoms with Crippen LogP contribution in [0.25, 0.3) is 11.1 Å². The van der Waals surface area contributed by atoms with E-state index in [0.717, 1.165) is 72.4 Å². The molecule has 0 amide bonds. The van der Waals surface area contributed by atoms with E-state index >= 15 is 0 Å². The molecule has 1 saturated carbocycles. The van der Waals surface area contributed by atoms with Gasteiger partial charge in [-0.25, -0.2) is 4.98 Å². The van der Waals surface area contributed by atoms with Crippen molar-refractivity contribution in [3.63, 3.8) is 0 Å². The minimum absolute atomic E-state index is 0.155. The third-order valence-electron chi connectivity index (χ3n) is 7.62. The lowest BCUT2D eigenvalue weighted by Crippen LogP contribution is -2.26. The van der Waals surface area contributed by atoms with Crippen molar-refractivity contribution in [1.82, 2.24) is 4.98 Å². The first kappa shape index (κ1) is 33.6. The summed E-state index contributed by atoms with van der Waals surface area (Å²) < 4.78 is 0. The normalized spacial score (nSPS) is 16.5. The van der Waals surface area contributed by atoms with Crippen molar-refractivity contribution in [2.24, 2.45) is 22.6 Å². The first-order valence-corrected chi connectivity index (χ1v) is 15.1. The van der Waals surface area contributed by atoms with Crippen molar-refractivity contribution < 1.29 is 5.11 Å². The van der Waals surface area contributed by atoms with Crippen molar-refractivity contribution in [2.75, 3.05) is 24.7 Å². The average Bonchev–Trinajstić information content (AvgIpc) is 3.00. The lowest BCUT2D eigenvalue weighted by Gasteiger charge is -2.27. The van der Waals surface area contributed by atoms with Gasteiger partial charge in [0, 0.05) is 25.4 Å². The maximum atomic E-state index is 10.1. The van der Waals surface area contributed by atoms with Crippen LogP contribution in [0.4, 0.5) is 11.5 Å². The highest BCUT2D eigenvalue weighted by atomic mass is 16.3. The maximum Gasteiger partial charge on any atom is 0.150 e. The van der Waals surface area contributed by atoms with Gasteiger partial charge >= 0.3 is 0 Å². The second-order valence-electron chi connectivity index (χ2n) is 10.4. The highest BCUT2D eigenvalue weighted by Gasteiger charge is 2.24. The number of hydrogen-bond donors (Lipinski definition) is 5. The Bertz CT molecular complexity index is 1260. The Morgan fingerprint density at radius 3 is 2.34 bits per heavy atom. The Hall–Kier alpha value is -3.58. The number of anilines is 2. The molecule has 3 aromatic rings. The molecule has 0 saturated heterocycles. The molecule has 4 rings (SSSR count). The number of hydrazone groups is 1. The number of aromatic nitrogens is 1. The smallest absolute Gasteiger partial charge is 0.150 e. The summed E-state index contributed by atoms with van der Waals surface area (Å²) in [6.45, 7) is 10.4. The molecule has 0 spiro atoms. The number of rotatable bonds is 8. The highest BCUT2D eigenvalue weighted by Crippen LogP contribution is 2.30. The first-order chi connectivity index (χ1) is 19.8. The molecular weight excluding hydrogens is 508 g/mol. The molecule has 41 heavy (non-hydrogen) atoms. The lowest BCUT2D eigenvalue weighted by atomic mass is 9.83. The molecule has 1 fully saturated rings. The van der Waals surface area contributed by atoms with Crippen molar-refractivity contribution in [3.05, 3.63) is 76.5 Å². The fourth-order valence-corrected chi connectivity index (χ4v) is 5.44. The van der Waals surface area contributed by atoms with Gasteiger partial charge in [-0.1, -0.05) is 82.5 Å². The zero-order valence-electron chi connectivity index (χ0n) is 26.2. The first-order valence-electron chi connectivity index (χ1n) is 15.1. The van der Waals surface area contributed by atoms with Gasteiger partial charge in [0.25, 0.3) is 0 Å². The van der Waals surface area contributed by atoms with Crippen LogP contribution in [-0.2, 0) is 12.8 Å². The molecule has 1 aliphatic rings. The third kappa shape index (κ3) is 9.22. The van der Waals surface area contributed by atoms with Crippen LogP contribution in [0.3, 0.4) is 0 Å². The minimum atomic E-state index is -0.155. The van der Waals surface area contributed by atoms with Gasteiger partial charge in [-0.2, -0.15) is 5.10 Å². The Morgan fingerprint density at radius 1 is 1.00 bits per heavy atom. The number of nitrogens with zero attached hydrogens (tertiary/aromatic N) is 2. The topological polar surface area (TPSA) is 122 Å². The standard InChI is InChI=1S/C17H21N3.C15H25N3O.C2H6/c1-3-6-13-11-14(10-9-12(13)2)15-7-4-5-8-16(15)17(18)20-19;1-10-8-12(18-15(17-3)14(10)16-2)9-11-6-4-5-7-13(11)19;1-2/h4-5,7-11H,3,6,19H2,1-2H3,(H2,18,20);8,11,13,16,19H,4-7,9H2,1-3H3,(H,17,18);1-2H3. The number of amidine groups is 1. The number of aliphatic hydroxyl groups is 1. The van der Waals surface area contributed by atoms with Gasteiger partial charge in [-0.15, -0.1) is 0 Å². The Labute approximate surface area is 247 Å². The monoisotopic (exact) mass is 560 g/mol. The van der Waals surface area contributed by atoms with E-state index in [9.17, 15) is 5.11 Å². The molecule has 7 N–H and O–H groups in total. The Balaban J connectivity index is 0.000000271. The number of hydrogen-bond acceptors (Lipinski definition) is 6. The quantitative estimate of drug-likeness (QED) is 0.0895. The molecule has 1 aromatic heterocycles. The number of nitrogens with one attached hydrogen (secondary N) is 2. The van der Waals surface area contributed by atoms with E-state index in [2.05, 4.69) is 65.8 Å². The van der Waals surface area contributed by atoms with E-state index in [1.807, 2.05) is 52.2 Å². The summed E-state index contributed by atoms with van der Waals surface area (Å²) in [6, 6.07) is 16.6. The molecule has 2 atom stereocenters. The Kier molecular flexibility index (Phi) is 14.2. The SMILES string of the molecule is CC.CCCc1cc(-c2ccccc2/C(N)=N/N)ccc1C.CNc1nc(CC2CCCCC2O)cc(C)c1NC. The van der Waals surface area contributed by atoms with Crippen molar-refractivity contribution in [1.29, 1.82) is 0 Å². The zero-order chi connectivity index (χ0) is 30.4. The van der Waals surface area contributed by atoms with Crippen LogP contribution in [0.2, 0.25) is 0 Å². The molecule has 1 heterocycles. The predicted octanol–water partition coefficient (Wildman–Crippen LogP) is 6.79. The van der Waals surface area contributed by atoms with E-state index in [1.165, 1.54) is 23.1 Å². The van der Waals surface area contributed by atoms with Gasteiger partial charge in [0.2, 0.25) is 0 Å². The molecule has 1 aliphatic carbocycles. The highest BCUT2D eigenvalue weighted by molar-refractivity contribution is 6.03. The molecule has 0 bridgehead atoms. The largest absolute Gasteiger partial charge is 0.393 e. The van der Waals surface area contributed by atoms with Crippen molar-refractivity contribution in [3.8, 4) is 11.1 Å². The van der Waals surface area contributed by atoms with Crippen LogP contribution in [0.1, 0.15) is 80.8 Å². The van der Waals surface area contributed by atoms with Crippen LogP contribution in [0.5, 0.6) is 0 Å². The molecule has 7 heteroatoms. The molecule has 2 aromatic carbocycles. The van der Waals surface area contributed by atoms with Gasteiger partial charge in [-0.3, -0.25) is 0 Å². The van der Waals surface area contributed by atoms with E-state index < -0.39 is 0 Å². The number of aryl methyl sites for hydroxylation is 3. The number of nitrogens with two attached hydrogens (primary N) is 2. The average molecular weight is 561 g/mol. The maximum absolute atomic E-state index is 10.1. The summed E-state index contributed by atoms with van der Waals surface area (Å²) >= 11 is 0. The van der Waals surface area contributed by atoms with Crippen molar-refractivity contribution in [2.45, 2.75) is 85.7 Å². The molecule has 2 unspecified atom stereocenters. The van der Waals surface area contributed by atoms with Gasteiger partial charge < -0.3 is 27.3 Å². The van der Waals surface area contributed by atoms with Crippen LogP contribution >= 0.6 is 0 Å². The second kappa shape index (κ2) is 17.3. The molecule has 0 radical (unpaired) electrons. The minimum Gasteiger partial charge on any atom is -0.393 e. The fourth-order valence-electron chi connectivity index (χ4n) is 5.44. The third-order valence-corrected chi connectivity index (χ3v) is 7.62. The summed E-state index contributed by atoms with van der Waals surface area (Å²) in [4.78, 5) is 4.67. The summed E-state index contributed by atoms with van der Waals surface area (Å²) in [5.41, 5.74) is 15.0. The summed E-state index contributed by atoms with van der Waals surface area (Å²) in [5.74, 6) is 6.93. The van der Waals surface area contributed by atoms with Gasteiger partial charge in [0.15, 0.2) is 5.84 Å². The van der Waals surface area contributed by atoms with Crippen molar-refractivity contribution >= 4 is 17.3 Å². The number of benzene rings is 2. The lowest BCUT2D eigenvalue weighted by molar-refractivity contribution is 0.0695. The van der Waals surface area contributed by atoms with E-state index in [1.54, 1.807) is 0 Å². The fraction of sp³-hybridized carbons (Fsp3) is 0.471. The summed E-state index contributed by atoms with van der Waals surface area (Å²) in [6.07, 6.45) is 7.39. The van der Waals surface area contributed by atoms with Crippen LogP contribution in [0.15, 0.2) is 53.6 Å². The Morgan fingerprint density at radius 2 is 1.71 bits per heavy atom.